The van der Waals surface area contributed by atoms with E-state index in [0.29, 0.717) is 10.2 Å². The van der Waals surface area contributed by atoms with Crippen molar-refractivity contribution >= 4 is 44.9 Å². The van der Waals surface area contributed by atoms with Crippen molar-refractivity contribution in [3.63, 3.8) is 0 Å². The second kappa shape index (κ2) is 6.33. The number of hydrogen-bond donors (Lipinski definition) is 1. The molecular weight excluding hydrogens is 318 g/mol. The highest BCUT2D eigenvalue weighted by atomic mass is 32.2. The number of thiophene rings is 1. The van der Waals surface area contributed by atoms with Crippen LogP contribution in [0.3, 0.4) is 0 Å². The molecule has 0 radical (unpaired) electrons. The molecule has 22 heavy (non-hydrogen) atoms. The van der Waals surface area contributed by atoms with Crippen LogP contribution in [0, 0.1) is 0 Å². The van der Waals surface area contributed by atoms with Crippen LogP contribution in [0.1, 0.15) is 0 Å². The molecule has 0 aliphatic heterocycles. The van der Waals surface area contributed by atoms with E-state index < -0.39 is 0 Å². The lowest BCUT2D eigenvalue weighted by Gasteiger charge is -2.10. The molecule has 0 fully saturated rings. The maximum Gasteiger partial charge on any atom is 0.262 e. The van der Waals surface area contributed by atoms with Gasteiger partial charge in [0.25, 0.3) is 5.56 Å². The fourth-order valence-electron chi connectivity index (χ4n) is 2.10. The third-order valence-corrected chi connectivity index (χ3v) is 4.76. The number of aromatic nitrogens is 2. The molecule has 0 saturated carbocycles. The molecule has 0 saturated heterocycles. The molecule has 112 valence electrons. The molecule has 2 aromatic heterocycles. The summed E-state index contributed by atoms with van der Waals surface area (Å²) in [4.78, 5) is 30.3. The van der Waals surface area contributed by atoms with Crippen LogP contribution in [0.2, 0.25) is 0 Å². The number of rotatable bonds is 4. The molecule has 5 nitrogen and oxygen atoms in total. The van der Waals surface area contributed by atoms with Gasteiger partial charge >= 0.3 is 0 Å². The van der Waals surface area contributed by atoms with E-state index in [1.54, 1.807) is 17.8 Å². The molecule has 3 rings (SSSR count). The van der Waals surface area contributed by atoms with Gasteiger partial charge in [0.2, 0.25) is 5.91 Å². The first-order valence-corrected chi connectivity index (χ1v) is 8.65. The molecule has 1 aromatic carbocycles. The second-order valence-corrected chi connectivity index (χ2v) is 6.31. The van der Waals surface area contributed by atoms with Crippen molar-refractivity contribution in [1.29, 1.82) is 0 Å². The molecule has 2 heterocycles. The summed E-state index contributed by atoms with van der Waals surface area (Å²) in [6.45, 7) is -0.0552. The Morgan fingerprint density at radius 3 is 3.00 bits per heavy atom. The summed E-state index contributed by atoms with van der Waals surface area (Å²) in [6, 6.07) is 9.28. The molecule has 0 bridgehead atoms. The van der Waals surface area contributed by atoms with Crippen LogP contribution in [0.25, 0.3) is 10.2 Å². The van der Waals surface area contributed by atoms with Gasteiger partial charge in [-0.1, -0.05) is 12.1 Å². The fraction of sp³-hybridized carbons (Fsp3) is 0.133. The summed E-state index contributed by atoms with van der Waals surface area (Å²) in [6.07, 6.45) is 3.37. The van der Waals surface area contributed by atoms with E-state index in [0.717, 1.165) is 10.6 Å². The molecule has 3 aromatic rings. The van der Waals surface area contributed by atoms with Gasteiger partial charge in [0.1, 0.15) is 11.4 Å². The van der Waals surface area contributed by atoms with Gasteiger partial charge in [-0.15, -0.1) is 23.1 Å². The molecule has 1 N–H and O–H groups in total. The van der Waals surface area contributed by atoms with Crippen LogP contribution >= 0.6 is 23.1 Å². The lowest BCUT2D eigenvalue weighted by molar-refractivity contribution is -0.116. The molecule has 1 amide bonds. The van der Waals surface area contributed by atoms with Crippen molar-refractivity contribution in [2.24, 2.45) is 0 Å². The number of nitrogens with one attached hydrogen (secondary N) is 1. The fourth-order valence-corrected chi connectivity index (χ4v) is 3.38. The third kappa shape index (κ3) is 2.90. The standard InChI is InChI=1S/C15H13N3O2S2/c1-21-12-5-3-2-4-11(12)17-13(19)8-18-9-16-14-10(15(18)20)6-7-22-14/h2-7,9H,8H2,1H3,(H,17,19). The first-order valence-electron chi connectivity index (χ1n) is 6.54. The summed E-state index contributed by atoms with van der Waals surface area (Å²) in [5.41, 5.74) is 0.553. The monoisotopic (exact) mass is 331 g/mol. The highest BCUT2D eigenvalue weighted by molar-refractivity contribution is 7.98. The Bertz CT molecular complexity index is 886. The minimum absolute atomic E-state index is 0.0552. The van der Waals surface area contributed by atoms with Crippen molar-refractivity contribution in [2.75, 3.05) is 11.6 Å². The van der Waals surface area contributed by atoms with Gasteiger partial charge < -0.3 is 5.32 Å². The molecule has 0 aliphatic rings. The van der Waals surface area contributed by atoms with E-state index >= 15 is 0 Å². The van der Waals surface area contributed by atoms with Crippen molar-refractivity contribution in [2.45, 2.75) is 11.4 Å². The Hall–Kier alpha value is -2.12. The molecule has 7 heteroatoms. The van der Waals surface area contributed by atoms with Gasteiger partial charge in [-0.05, 0) is 29.8 Å². The van der Waals surface area contributed by atoms with E-state index in [1.165, 1.54) is 22.2 Å². The molecule has 0 unspecified atom stereocenters. The predicted octanol–water partition coefficient (Wildman–Crippen LogP) is 2.82. The van der Waals surface area contributed by atoms with Crippen molar-refractivity contribution in [3.8, 4) is 0 Å². The number of anilines is 1. The maximum atomic E-state index is 12.2. The van der Waals surface area contributed by atoms with E-state index in [-0.39, 0.29) is 18.0 Å². The third-order valence-electron chi connectivity index (χ3n) is 3.15. The van der Waals surface area contributed by atoms with Crippen LogP contribution in [-0.4, -0.2) is 21.7 Å². The van der Waals surface area contributed by atoms with Gasteiger partial charge in [0, 0.05) is 4.90 Å². The molecule has 0 aliphatic carbocycles. The van der Waals surface area contributed by atoms with E-state index in [1.807, 2.05) is 35.9 Å². The Kier molecular flexibility index (Phi) is 4.26. The van der Waals surface area contributed by atoms with Crippen molar-refractivity contribution in [3.05, 3.63) is 52.4 Å². The molecule has 0 atom stereocenters. The van der Waals surface area contributed by atoms with Gasteiger partial charge in [0.05, 0.1) is 17.4 Å². The number of benzene rings is 1. The van der Waals surface area contributed by atoms with Crippen LogP contribution < -0.4 is 10.9 Å². The van der Waals surface area contributed by atoms with Gasteiger partial charge in [-0.2, -0.15) is 0 Å². The van der Waals surface area contributed by atoms with Gasteiger partial charge in [-0.25, -0.2) is 4.98 Å². The lowest BCUT2D eigenvalue weighted by atomic mass is 10.3. The minimum Gasteiger partial charge on any atom is -0.324 e. The van der Waals surface area contributed by atoms with E-state index in [2.05, 4.69) is 10.3 Å². The smallest absolute Gasteiger partial charge is 0.262 e. The number of para-hydroxylation sites is 1. The summed E-state index contributed by atoms with van der Waals surface area (Å²) in [5, 5.41) is 5.20. The van der Waals surface area contributed by atoms with E-state index in [9.17, 15) is 9.59 Å². The number of nitrogens with zero attached hydrogens (tertiary/aromatic N) is 2. The Balaban J connectivity index is 1.81. The van der Waals surface area contributed by atoms with Gasteiger partial charge in [-0.3, -0.25) is 14.2 Å². The number of hydrogen-bond acceptors (Lipinski definition) is 5. The highest BCUT2D eigenvalue weighted by Crippen LogP contribution is 2.24. The Labute approximate surface area is 135 Å². The van der Waals surface area contributed by atoms with Crippen molar-refractivity contribution in [1.82, 2.24) is 9.55 Å². The highest BCUT2D eigenvalue weighted by Gasteiger charge is 2.10. The quantitative estimate of drug-likeness (QED) is 0.747. The summed E-state index contributed by atoms with van der Waals surface area (Å²) >= 11 is 2.96. The SMILES string of the molecule is CSc1ccccc1NC(=O)Cn1cnc2sccc2c1=O. The minimum atomic E-state index is -0.250. The van der Waals surface area contributed by atoms with Gasteiger partial charge in [0.15, 0.2) is 0 Å². The average Bonchev–Trinajstić information content (AvgIpc) is 3.00. The van der Waals surface area contributed by atoms with Crippen molar-refractivity contribution < 1.29 is 4.79 Å². The largest absolute Gasteiger partial charge is 0.324 e. The maximum absolute atomic E-state index is 12.2. The molecule has 0 spiro atoms. The van der Waals surface area contributed by atoms with Crippen LogP contribution in [0.5, 0.6) is 0 Å². The first-order chi connectivity index (χ1) is 10.7. The number of thioether (sulfide) groups is 1. The zero-order valence-electron chi connectivity index (χ0n) is 11.8. The van der Waals surface area contributed by atoms with Crippen LogP contribution in [0.4, 0.5) is 5.69 Å². The number of carbonyl (C=O) groups excluding carboxylic acids is 1. The lowest BCUT2D eigenvalue weighted by Crippen LogP contribution is -2.27. The number of carbonyl (C=O) groups is 1. The van der Waals surface area contributed by atoms with E-state index in [4.69, 9.17) is 0 Å². The Morgan fingerprint density at radius 2 is 2.18 bits per heavy atom. The first kappa shape index (κ1) is 14.8. The van der Waals surface area contributed by atoms with Crippen LogP contribution in [0.15, 0.2) is 51.7 Å². The number of fused-ring (bicyclic) bond motifs is 1. The second-order valence-electron chi connectivity index (χ2n) is 4.57. The summed E-state index contributed by atoms with van der Waals surface area (Å²) in [7, 11) is 0. The normalized spacial score (nSPS) is 10.8. The Morgan fingerprint density at radius 1 is 1.36 bits per heavy atom. The average molecular weight is 331 g/mol. The summed E-state index contributed by atoms with van der Waals surface area (Å²) < 4.78 is 1.33. The number of amides is 1. The molecular formula is C15H13N3O2S2. The topological polar surface area (TPSA) is 64.0 Å². The zero-order chi connectivity index (χ0) is 15.5. The van der Waals surface area contributed by atoms with Crippen LogP contribution in [-0.2, 0) is 11.3 Å². The zero-order valence-corrected chi connectivity index (χ0v) is 13.4. The predicted molar refractivity (Wildman–Crippen MR) is 90.7 cm³/mol. The summed E-state index contributed by atoms with van der Waals surface area (Å²) in [5.74, 6) is -0.250.